The predicted octanol–water partition coefficient (Wildman–Crippen LogP) is 4.37. The van der Waals surface area contributed by atoms with E-state index in [9.17, 15) is 0 Å². The van der Waals surface area contributed by atoms with Crippen LogP contribution in [0.5, 0.6) is 0 Å². The maximum absolute atomic E-state index is 6.23. The Morgan fingerprint density at radius 3 is 2.72 bits per heavy atom. The van der Waals surface area contributed by atoms with Gasteiger partial charge in [-0.05, 0) is 31.8 Å². The summed E-state index contributed by atoms with van der Waals surface area (Å²) in [5.74, 6) is 0. The molecule has 18 heavy (non-hydrogen) atoms. The maximum Gasteiger partial charge on any atom is 0.0950 e. The first kappa shape index (κ1) is 14.0. The summed E-state index contributed by atoms with van der Waals surface area (Å²) in [6.45, 7) is 7.24. The van der Waals surface area contributed by atoms with Crippen LogP contribution in [0.2, 0.25) is 5.02 Å². The number of hydrogen-bond donors (Lipinski definition) is 1. The van der Waals surface area contributed by atoms with Crippen molar-refractivity contribution < 1.29 is 0 Å². The standard InChI is InChI=1S/C13H17ClN2S2/c1-4-15-11(13-10(14)5-6-17-13)7-12-16-8(2)9(3)18-12/h5-6,11,15H,4,7H2,1-3H3. The Hall–Kier alpha value is -0.420. The number of rotatable bonds is 5. The molecule has 0 aromatic carbocycles. The van der Waals surface area contributed by atoms with Crippen LogP contribution in [0.25, 0.3) is 0 Å². The Kier molecular flexibility index (Phi) is 4.78. The first-order valence-electron chi connectivity index (χ1n) is 6.01. The molecule has 2 rings (SSSR count). The molecular weight excluding hydrogens is 284 g/mol. The van der Waals surface area contributed by atoms with E-state index in [1.54, 1.807) is 22.7 Å². The summed E-state index contributed by atoms with van der Waals surface area (Å²) in [6.07, 6.45) is 0.910. The van der Waals surface area contributed by atoms with Crippen LogP contribution in [0.15, 0.2) is 11.4 Å². The number of aryl methyl sites for hydroxylation is 2. The van der Waals surface area contributed by atoms with Crippen molar-refractivity contribution in [3.05, 3.63) is 36.9 Å². The molecule has 2 nitrogen and oxygen atoms in total. The summed E-state index contributed by atoms with van der Waals surface area (Å²) in [6, 6.07) is 2.23. The van der Waals surface area contributed by atoms with Crippen molar-refractivity contribution in [1.29, 1.82) is 0 Å². The first-order chi connectivity index (χ1) is 8.61. The monoisotopic (exact) mass is 300 g/mol. The third-order valence-electron chi connectivity index (χ3n) is 2.86. The summed E-state index contributed by atoms with van der Waals surface area (Å²) >= 11 is 9.72. The average Bonchev–Trinajstić information content (AvgIpc) is 2.86. The minimum absolute atomic E-state index is 0.271. The second kappa shape index (κ2) is 6.15. The van der Waals surface area contributed by atoms with Crippen LogP contribution in [0, 0.1) is 13.8 Å². The molecule has 2 aromatic heterocycles. The number of hydrogen-bond acceptors (Lipinski definition) is 4. The molecule has 0 bridgehead atoms. The Labute approximate surface area is 121 Å². The van der Waals surface area contributed by atoms with Crippen LogP contribution in [0.1, 0.15) is 33.4 Å². The fourth-order valence-corrected chi connectivity index (χ4v) is 4.10. The smallest absolute Gasteiger partial charge is 0.0950 e. The van der Waals surface area contributed by atoms with Gasteiger partial charge in [-0.3, -0.25) is 0 Å². The minimum atomic E-state index is 0.271. The molecule has 0 amide bonds. The van der Waals surface area contributed by atoms with Crippen LogP contribution in [0.4, 0.5) is 0 Å². The molecule has 5 heteroatoms. The van der Waals surface area contributed by atoms with Gasteiger partial charge >= 0.3 is 0 Å². The Morgan fingerprint density at radius 1 is 1.44 bits per heavy atom. The third-order valence-corrected chi connectivity index (χ3v) is 5.43. The largest absolute Gasteiger partial charge is 0.309 e. The van der Waals surface area contributed by atoms with Crippen LogP contribution in [-0.4, -0.2) is 11.5 Å². The zero-order valence-electron chi connectivity index (χ0n) is 10.8. The molecule has 1 unspecified atom stereocenters. The molecule has 0 radical (unpaired) electrons. The van der Waals surface area contributed by atoms with Gasteiger partial charge in [0.15, 0.2) is 0 Å². The summed E-state index contributed by atoms with van der Waals surface area (Å²) < 4.78 is 0. The predicted molar refractivity (Wildman–Crippen MR) is 81.0 cm³/mol. The number of aromatic nitrogens is 1. The van der Waals surface area contributed by atoms with E-state index in [1.165, 1.54) is 14.8 Å². The highest BCUT2D eigenvalue weighted by molar-refractivity contribution is 7.11. The molecule has 98 valence electrons. The highest BCUT2D eigenvalue weighted by atomic mass is 35.5. The lowest BCUT2D eigenvalue weighted by atomic mass is 10.1. The third kappa shape index (κ3) is 3.12. The molecule has 0 aliphatic heterocycles. The van der Waals surface area contributed by atoms with Crippen molar-refractivity contribution in [3.8, 4) is 0 Å². The molecule has 0 spiro atoms. The van der Waals surface area contributed by atoms with E-state index in [1.807, 2.05) is 11.4 Å². The second-order valence-corrected chi connectivity index (χ2v) is 6.84. The lowest BCUT2D eigenvalue weighted by Gasteiger charge is -2.15. The van der Waals surface area contributed by atoms with Gasteiger partial charge in [-0.15, -0.1) is 22.7 Å². The first-order valence-corrected chi connectivity index (χ1v) is 8.08. The molecule has 0 aliphatic rings. The van der Waals surface area contributed by atoms with Gasteiger partial charge < -0.3 is 5.32 Å². The number of halogens is 1. The highest BCUT2D eigenvalue weighted by Gasteiger charge is 2.18. The average molecular weight is 301 g/mol. The molecule has 2 aromatic rings. The minimum Gasteiger partial charge on any atom is -0.309 e. The molecule has 0 saturated heterocycles. The molecule has 0 aliphatic carbocycles. The lowest BCUT2D eigenvalue weighted by molar-refractivity contribution is 0.557. The van der Waals surface area contributed by atoms with Gasteiger partial charge in [-0.25, -0.2) is 4.98 Å². The van der Waals surface area contributed by atoms with E-state index in [0.717, 1.165) is 23.7 Å². The summed E-state index contributed by atoms with van der Waals surface area (Å²) in [7, 11) is 0. The molecule has 1 atom stereocenters. The quantitative estimate of drug-likeness (QED) is 0.887. The van der Waals surface area contributed by atoms with Crippen LogP contribution < -0.4 is 5.32 Å². The number of nitrogens with zero attached hydrogens (tertiary/aromatic N) is 1. The zero-order valence-corrected chi connectivity index (χ0v) is 13.2. The van der Waals surface area contributed by atoms with Crippen molar-refractivity contribution in [2.45, 2.75) is 33.2 Å². The maximum atomic E-state index is 6.23. The number of likely N-dealkylation sites (N-methyl/N-ethyl adjacent to an activating group) is 1. The van der Waals surface area contributed by atoms with Crippen molar-refractivity contribution in [2.75, 3.05) is 6.54 Å². The van der Waals surface area contributed by atoms with Crippen molar-refractivity contribution in [3.63, 3.8) is 0 Å². The Balaban J connectivity index is 2.19. The van der Waals surface area contributed by atoms with Gasteiger partial charge in [0.2, 0.25) is 0 Å². The van der Waals surface area contributed by atoms with E-state index in [2.05, 4.69) is 31.1 Å². The van der Waals surface area contributed by atoms with Crippen LogP contribution in [0.3, 0.4) is 0 Å². The number of nitrogens with one attached hydrogen (secondary N) is 1. The molecule has 0 saturated carbocycles. The van der Waals surface area contributed by atoms with E-state index >= 15 is 0 Å². The lowest BCUT2D eigenvalue weighted by Crippen LogP contribution is -2.22. The normalized spacial score (nSPS) is 12.9. The highest BCUT2D eigenvalue weighted by Crippen LogP contribution is 2.32. The van der Waals surface area contributed by atoms with Crippen molar-refractivity contribution >= 4 is 34.3 Å². The van der Waals surface area contributed by atoms with E-state index in [-0.39, 0.29) is 6.04 Å². The fraction of sp³-hybridized carbons (Fsp3) is 0.462. The fourth-order valence-electron chi connectivity index (χ4n) is 1.86. The van der Waals surface area contributed by atoms with Crippen molar-refractivity contribution in [2.24, 2.45) is 0 Å². The van der Waals surface area contributed by atoms with Crippen LogP contribution >= 0.6 is 34.3 Å². The van der Waals surface area contributed by atoms with Crippen LogP contribution in [-0.2, 0) is 6.42 Å². The summed E-state index contributed by atoms with van der Waals surface area (Å²) in [4.78, 5) is 7.13. The summed E-state index contributed by atoms with van der Waals surface area (Å²) in [5.41, 5.74) is 1.14. The van der Waals surface area contributed by atoms with Gasteiger partial charge in [-0.1, -0.05) is 18.5 Å². The van der Waals surface area contributed by atoms with E-state index in [0.29, 0.717) is 0 Å². The molecule has 1 N–H and O–H groups in total. The number of thiophene rings is 1. The van der Waals surface area contributed by atoms with Gasteiger partial charge in [-0.2, -0.15) is 0 Å². The van der Waals surface area contributed by atoms with Gasteiger partial charge in [0, 0.05) is 22.2 Å². The number of thiazole rings is 1. The van der Waals surface area contributed by atoms with Gasteiger partial charge in [0.1, 0.15) is 0 Å². The molecule has 0 fully saturated rings. The van der Waals surface area contributed by atoms with Crippen molar-refractivity contribution in [1.82, 2.24) is 10.3 Å². The van der Waals surface area contributed by atoms with Gasteiger partial charge in [0.05, 0.1) is 15.7 Å². The second-order valence-electron chi connectivity index (χ2n) is 4.20. The summed E-state index contributed by atoms with van der Waals surface area (Å²) in [5, 5.41) is 7.58. The Bertz CT molecular complexity index is 499. The zero-order chi connectivity index (χ0) is 13.1. The molecular formula is C13H17ClN2S2. The SMILES string of the molecule is CCNC(Cc1nc(C)c(C)s1)c1sccc1Cl. The van der Waals surface area contributed by atoms with E-state index < -0.39 is 0 Å². The van der Waals surface area contributed by atoms with E-state index in [4.69, 9.17) is 11.6 Å². The Morgan fingerprint density at radius 2 is 2.22 bits per heavy atom. The topological polar surface area (TPSA) is 24.9 Å². The molecule has 2 heterocycles. The van der Waals surface area contributed by atoms with Gasteiger partial charge in [0.25, 0.3) is 0 Å².